The normalized spacial score (nSPS) is 11.2. The summed E-state index contributed by atoms with van der Waals surface area (Å²) in [5.41, 5.74) is 2.00. The molecule has 0 spiro atoms. The Bertz CT molecular complexity index is 404. The van der Waals surface area contributed by atoms with Gasteiger partial charge in [0, 0.05) is 6.54 Å². The highest BCUT2D eigenvalue weighted by molar-refractivity contribution is 5.67. The second-order valence-corrected chi connectivity index (χ2v) is 6.13. The molecule has 0 saturated heterocycles. The Morgan fingerprint density at radius 3 is 2.25 bits per heavy atom. The van der Waals surface area contributed by atoms with Gasteiger partial charge in [-0.2, -0.15) is 0 Å². The zero-order valence-corrected chi connectivity index (χ0v) is 13.2. The molecule has 0 aliphatic carbocycles. The fourth-order valence-electron chi connectivity index (χ4n) is 1.89. The molecule has 0 bridgehead atoms. The zero-order chi connectivity index (χ0) is 15.0. The van der Waals surface area contributed by atoms with Crippen molar-refractivity contribution in [3.8, 4) is 0 Å². The Balaban J connectivity index is 2.36. The van der Waals surface area contributed by atoms with E-state index in [1.165, 1.54) is 24.8 Å². The first-order chi connectivity index (χ1) is 9.40. The van der Waals surface area contributed by atoms with E-state index < -0.39 is 5.60 Å². The predicted octanol–water partition coefficient (Wildman–Crippen LogP) is 4.44. The molecule has 3 heteroatoms. The molecule has 20 heavy (non-hydrogen) atoms. The van der Waals surface area contributed by atoms with E-state index in [0.717, 1.165) is 12.0 Å². The number of rotatable bonds is 6. The number of carbonyl (C=O) groups excluding carboxylic acids is 1. The summed E-state index contributed by atoms with van der Waals surface area (Å²) in [5, 5.41) is 2.77. The van der Waals surface area contributed by atoms with Gasteiger partial charge in [0.15, 0.2) is 0 Å². The van der Waals surface area contributed by atoms with Crippen LogP contribution in [0.2, 0.25) is 0 Å². The van der Waals surface area contributed by atoms with Crippen LogP contribution in [-0.4, -0.2) is 11.7 Å². The summed E-state index contributed by atoms with van der Waals surface area (Å²) in [6.45, 7) is 8.29. The summed E-state index contributed by atoms with van der Waals surface area (Å²) < 4.78 is 5.20. The molecule has 0 aliphatic heterocycles. The average Bonchev–Trinajstić information content (AvgIpc) is 2.36. The van der Waals surface area contributed by atoms with Crippen LogP contribution in [0.1, 0.15) is 58.1 Å². The number of amides is 1. The third kappa shape index (κ3) is 7.17. The highest BCUT2D eigenvalue weighted by Gasteiger charge is 2.15. The minimum atomic E-state index is -0.451. The Hall–Kier alpha value is -1.51. The Labute approximate surface area is 122 Å². The molecule has 0 heterocycles. The SMILES string of the molecule is CCCCCc1ccc(CNC(=O)OC(C)(C)C)cc1. The van der Waals surface area contributed by atoms with Gasteiger partial charge in [0.05, 0.1) is 0 Å². The minimum absolute atomic E-state index is 0.371. The molecule has 0 unspecified atom stereocenters. The summed E-state index contributed by atoms with van der Waals surface area (Å²) in [7, 11) is 0. The monoisotopic (exact) mass is 277 g/mol. The molecule has 0 aromatic heterocycles. The number of unbranched alkanes of at least 4 members (excludes halogenated alkanes) is 2. The van der Waals surface area contributed by atoms with Crippen LogP contribution in [0.25, 0.3) is 0 Å². The zero-order valence-electron chi connectivity index (χ0n) is 13.2. The number of aryl methyl sites for hydroxylation is 1. The van der Waals surface area contributed by atoms with Crippen LogP contribution in [-0.2, 0) is 17.7 Å². The first kappa shape index (κ1) is 16.5. The van der Waals surface area contributed by atoms with Crippen LogP contribution in [0.15, 0.2) is 24.3 Å². The molecule has 3 nitrogen and oxygen atoms in total. The largest absolute Gasteiger partial charge is 0.444 e. The van der Waals surface area contributed by atoms with E-state index in [1.54, 1.807) is 0 Å². The van der Waals surface area contributed by atoms with Crippen molar-refractivity contribution in [3.05, 3.63) is 35.4 Å². The minimum Gasteiger partial charge on any atom is -0.444 e. The Morgan fingerprint density at radius 2 is 1.70 bits per heavy atom. The second kappa shape index (κ2) is 7.93. The number of carbonyl (C=O) groups is 1. The van der Waals surface area contributed by atoms with Gasteiger partial charge in [0.1, 0.15) is 5.60 Å². The molecule has 112 valence electrons. The topological polar surface area (TPSA) is 38.3 Å². The van der Waals surface area contributed by atoms with Crippen molar-refractivity contribution >= 4 is 6.09 Å². The van der Waals surface area contributed by atoms with Crippen LogP contribution < -0.4 is 5.32 Å². The smallest absolute Gasteiger partial charge is 0.407 e. The summed E-state index contributed by atoms with van der Waals surface area (Å²) >= 11 is 0. The van der Waals surface area contributed by atoms with E-state index in [0.29, 0.717) is 6.54 Å². The molecule has 1 amide bonds. The van der Waals surface area contributed by atoms with Gasteiger partial charge in [0.2, 0.25) is 0 Å². The fraction of sp³-hybridized carbons (Fsp3) is 0.588. The average molecular weight is 277 g/mol. The van der Waals surface area contributed by atoms with Crippen molar-refractivity contribution in [2.75, 3.05) is 0 Å². The molecule has 1 N–H and O–H groups in total. The lowest BCUT2D eigenvalue weighted by molar-refractivity contribution is 0.0523. The summed E-state index contributed by atoms with van der Waals surface area (Å²) in [4.78, 5) is 11.5. The van der Waals surface area contributed by atoms with Gasteiger partial charge in [0.25, 0.3) is 0 Å². The molecule has 0 aliphatic rings. The number of hydrogen-bond donors (Lipinski definition) is 1. The van der Waals surface area contributed by atoms with Crippen LogP contribution in [0.3, 0.4) is 0 Å². The van der Waals surface area contributed by atoms with E-state index >= 15 is 0 Å². The lowest BCUT2D eigenvalue weighted by Crippen LogP contribution is -2.32. The maximum absolute atomic E-state index is 11.5. The van der Waals surface area contributed by atoms with Crippen molar-refractivity contribution in [2.45, 2.75) is 65.5 Å². The summed E-state index contributed by atoms with van der Waals surface area (Å²) in [5.74, 6) is 0. The third-order valence-electron chi connectivity index (χ3n) is 2.93. The van der Waals surface area contributed by atoms with Crippen LogP contribution >= 0.6 is 0 Å². The molecular formula is C17H27NO2. The first-order valence-corrected chi connectivity index (χ1v) is 7.45. The number of nitrogens with one attached hydrogen (secondary N) is 1. The lowest BCUT2D eigenvalue weighted by Gasteiger charge is -2.19. The van der Waals surface area contributed by atoms with E-state index in [2.05, 4.69) is 36.5 Å². The van der Waals surface area contributed by atoms with Gasteiger partial charge in [-0.15, -0.1) is 0 Å². The van der Waals surface area contributed by atoms with Crippen molar-refractivity contribution in [1.82, 2.24) is 5.32 Å². The fourth-order valence-corrected chi connectivity index (χ4v) is 1.89. The maximum atomic E-state index is 11.5. The molecule has 0 fully saturated rings. The van der Waals surface area contributed by atoms with E-state index in [9.17, 15) is 4.79 Å². The van der Waals surface area contributed by atoms with Gasteiger partial charge in [-0.1, -0.05) is 44.0 Å². The van der Waals surface area contributed by atoms with Gasteiger partial charge < -0.3 is 10.1 Å². The van der Waals surface area contributed by atoms with Gasteiger partial charge >= 0.3 is 6.09 Å². The van der Waals surface area contributed by atoms with Crippen molar-refractivity contribution in [2.24, 2.45) is 0 Å². The molecule has 1 aromatic rings. The second-order valence-electron chi connectivity index (χ2n) is 6.13. The van der Waals surface area contributed by atoms with Crippen LogP contribution in [0.4, 0.5) is 4.79 Å². The molecule has 0 saturated carbocycles. The van der Waals surface area contributed by atoms with E-state index in [1.807, 2.05) is 20.8 Å². The number of ether oxygens (including phenoxy) is 1. The predicted molar refractivity (Wildman–Crippen MR) is 82.7 cm³/mol. The number of hydrogen-bond acceptors (Lipinski definition) is 2. The first-order valence-electron chi connectivity index (χ1n) is 7.45. The number of alkyl carbamates (subject to hydrolysis) is 1. The van der Waals surface area contributed by atoms with Crippen molar-refractivity contribution in [1.29, 1.82) is 0 Å². The van der Waals surface area contributed by atoms with Gasteiger partial charge in [-0.25, -0.2) is 4.79 Å². The summed E-state index contributed by atoms with van der Waals surface area (Å²) in [6, 6.07) is 8.42. The third-order valence-corrected chi connectivity index (χ3v) is 2.93. The highest BCUT2D eigenvalue weighted by atomic mass is 16.6. The van der Waals surface area contributed by atoms with E-state index in [-0.39, 0.29) is 6.09 Å². The van der Waals surface area contributed by atoms with E-state index in [4.69, 9.17) is 4.74 Å². The highest BCUT2D eigenvalue weighted by Crippen LogP contribution is 2.10. The standard InChI is InChI=1S/C17H27NO2/c1-5-6-7-8-14-9-11-15(12-10-14)13-18-16(19)20-17(2,3)4/h9-12H,5-8,13H2,1-4H3,(H,18,19). The molecule has 1 rings (SSSR count). The maximum Gasteiger partial charge on any atom is 0.407 e. The Morgan fingerprint density at radius 1 is 1.10 bits per heavy atom. The van der Waals surface area contributed by atoms with Gasteiger partial charge in [-0.05, 0) is 44.7 Å². The quantitative estimate of drug-likeness (QED) is 0.780. The van der Waals surface area contributed by atoms with Crippen molar-refractivity contribution < 1.29 is 9.53 Å². The molecule has 1 aromatic carbocycles. The molecular weight excluding hydrogens is 250 g/mol. The Kier molecular flexibility index (Phi) is 6.56. The summed E-state index contributed by atoms with van der Waals surface area (Å²) in [6.07, 6.45) is 4.53. The van der Waals surface area contributed by atoms with Crippen LogP contribution in [0, 0.1) is 0 Å². The van der Waals surface area contributed by atoms with Crippen molar-refractivity contribution in [3.63, 3.8) is 0 Å². The van der Waals surface area contributed by atoms with Gasteiger partial charge in [-0.3, -0.25) is 0 Å². The lowest BCUT2D eigenvalue weighted by atomic mass is 10.1. The number of benzene rings is 1. The molecule has 0 radical (unpaired) electrons. The molecule has 0 atom stereocenters. The van der Waals surface area contributed by atoms with Crippen LogP contribution in [0.5, 0.6) is 0 Å².